The SMILES string of the molecule is CCOC(=O)[C@@H]1C(c2ccc(Br)cc2)[C@H](C(=O)OCC)[C@](O)(C(F)(F)F)N[C@]1(O)C(F)(F)F. The third kappa shape index (κ3) is 4.84. The van der Waals surface area contributed by atoms with Crippen LogP contribution in [0.4, 0.5) is 26.3 Å². The van der Waals surface area contributed by atoms with Crippen LogP contribution in [0, 0.1) is 11.8 Å². The second-order valence-corrected chi connectivity index (χ2v) is 8.11. The quantitative estimate of drug-likeness (QED) is 0.381. The molecule has 0 saturated carbocycles. The predicted octanol–water partition coefficient (Wildman–Crippen LogP) is 3.00. The maximum absolute atomic E-state index is 14.0. The van der Waals surface area contributed by atoms with Crippen LogP contribution in [0.3, 0.4) is 0 Å². The number of aliphatic hydroxyl groups is 2. The van der Waals surface area contributed by atoms with Crippen LogP contribution in [0.15, 0.2) is 28.7 Å². The molecular weight excluding hydrogens is 532 g/mol. The summed E-state index contributed by atoms with van der Waals surface area (Å²) in [6.45, 7) is 1.49. The first-order valence-corrected chi connectivity index (χ1v) is 10.3. The van der Waals surface area contributed by atoms with Gasteiger partial charge in [0.25, 0.3) is 0 Å². The topological polar surface area (TPSA) is 105 Å². The maximum Gasteiger partial charge on any atom is 0.432 e. The molecule has 7 nitrogen and oxygen atoms in total. The summed E-state index contributed by atoms with van der Waals surface area (Å²) < 4.78 is 93.7. The third-order valence-electron chi connectivity index (χ3n) is 5.20. The number of rotatable bonds is 5. The Morgan fingerprint density at radius 2 is 1.27 bits per heavy atom. The van der Waals surface area contributed by atoms with Gasteiger partial charge in [0.1, 0.15) is 11.8 Å². The van der Waals surface area contributed by atoms with Crippen molar-refractivity contribution in [2.75, 3.05) is 13.2 Å². The summed E-state index contributed by atoms with van der Waals surface area (Å²) in [4.78, 5) is 25.3. The fourth-order valence-electron chi connectivity index (χ4n) is 3.82. The molecule has 1 fully saturated rings. The van der Waals surface area contributed by atoms with E-state index in [1.54, 1.807) is 0 Å². The highest BCUT2D eigenvalue weighted by atomic mass is 79.9. The van der Waals surface area contributed by atoms with Crippen molar-refractivity contribution in [3.63, 3.8) is 0 Å². The van der Waals surface area contributed by atoms with Gasteiger partial charge in [-0.25, -0.2) is 5.32 Å². The Balaban J connectivity index is 2.95. The molecule has 0 radical (unpaired) electrons. The van der Waals surface area contributed by atoms with E-state index < -0.39 is 66.7 Å². The predicted molar refractivity (Wildman–Crippen MR) is 102 cm³/mol. The molecule has 0 bridgehead atoms. The Morgan fingerprint density at radius 1 is 0.909 bits per heavy atom. The molecule has 1 aliphatic heterocycles. The molecule has 1 heterocycles. The van der Waals surface area contributed by atoms with Crippen LogP contribution in [-0.4, -0.2) is 59.2 Å². The molecule has 1 aliphatic rings. The van der Waals surface area contributed by atoms with Gasteiger partial charge in [-0.15, -0.1) is 0 Å². The Kier molecular flexibility index (Phi) is 7.78. The van der Waals surface area contributed by atoms with Crippen LogP contribution in [0.5, 0.6) is 0 Å². The number of carbonyl (C=O) groups is 2. The molecule has 3 N–H and O–H groups in total. The zero-order chi connectivity index (χ0) is 25.4. The summed E-state index contributed by atoms with van der Waals surface area (Å²) >= 11 is 3.06. The summed E-state index contributed by atoms with van der Waals surface area (Å²) in [5, 5.41) is 21.8. The first-order chi connectivity index (χ1) is 15.0. The highest BCUT2D eigenvalue weighted by Crippen LogP contribution is 2.55. The van der Waals surface area contributed by atoms with E-state index >= 15 is 0 Å². The average molecular weight is 552 g/mol. The number of benzene rings is 1. The van der Waals surface area contributed by atoms with E-state index in [4.69, 9.17) is 0 Å². The lowest BCUT2D eigenvalue weighted by Gasteiger charge is -2.54. The van der Waals surface area contributed by atoms with Gasteiger partial charge in [-0.3, -0.25) is 9.59 Å². The normalized spacial score (nSPS) is 30.6. The molecule has 0 aliphatic carbocycles. The van der Waals surface area contributed by atoms with Gasteiger partial charge in [-0.1, -0.05) is 28.1 Å². The standard InChI is InChI=1S/C19H20BrF6NO6/c1-3-32-14(28)12-11(9-5-7-10(20)8-6-9)13(15(29)33-4-2)17(31,19(24,25)26)27-16(12,30)18(21,22)23/h5-8,11-13,27,30-31H,3-4H2,1-2H3/t11?,12-,13+,16+,17-. The number of esters is 2. The largest absolute Gasteiger partial charge is 0.466 e. The van der Waals surface area contributed by atoms with Gasteiger partial charge in [-0.2, -0.15) is 26.3 Å². The van der Waals surface area contributed by atoms with Crippen LogP contribution in [-0.2, 0) is 19.1 Å². The molecule has 0 amide bonds. The molecule has 1 aromatic rings. The Morgan fingerprint density at radius 3 is 1.58 bits per heavy atom. The highest BCUT2D eigenvalue weighted by Gasteiger charge is 2.78. The minimum atomic E-state index is -5.92. The van der Waals surface area contributed by atoms with E-state index in [0.29, 0.717) is 4.47 Å². The lowest BCUT2D eigenvalue weighted by atomic mass is 9.64. The van der Waals surface area contributed by atoms with Crippen molar-refractivity contribution in [1.82, 2.24) is 5.32 Å². The number of nitrogens with one attached hydrogen (secondary N) is 1. The smallest absolute Gasteiger partial charge is 0.432 e. The van der Waals surface area contributed by atoms with E-state index in [0.717, 1.165) is 17.4 Å². The van der Waals surface area contributed by atoms with Gasteiger partial charge < -0.3 is 19.7 Å². The third-order valence-corrected chi connectivity index (χ3v) is 5.73. The molecule has 0 aromatic heterocycles. The van der Waals surface area contributed by atoms with Crippen molar-refractivity contribution in [3.05, 3.63) is 34.3 Å². The van der Waals surface area contributed by atoms with Crippen molar-refractivity contribution in [3.8, 4) is 0 Å². The van der Waals surface area contributed by atoms with E-state index in [2.05, 4.69) is 25.4 Å². The fraction of sp³-hybridized carbons (Fsp3) is 0.579. The second kappa shape index (κ2) is 9.39. The van der Waals surface area contributed by atoms with Gasteiger partial charge in [0.15, 0.2) is 0 Å². The number of alkyl halides is 6. The van der Waals surface area contributed by atoms with Gasteiger partial charge >= 0.3 is 24.3 Å². The van der Waals surface area contributed by atoms with Crippen LogP contribution < -0.4 is 5.32 Å². The van der Waals surface area contributed by atoms with Crippen molar-refractivity contribution in [1.29, 1.82) is 0 Å². The van der Waals surface area contributed by atoms with Crippen molar-refractivity contribution in [2.24, 2.45) is 11.8 Å². The minimum absolute atomic E-state index is 0.373. The maximum atomic E-state index is 14.0. The van der Waals surface area contributed by atoms with Crippen molar-refractivity contribution >= 4 is 27.9 Å². The number of hydrogen-bond donors (Lipinski definition) is 3. The fourth-order valence-corrected chi connectivity index (χ4v) is 4.09. The zero-order valence-corrected chi connectivity index (χ0v) is 18.7. The second-order valence-electron chi connectivity index (χ2n) is 7.19. The van der Waals surface area contributed by atoms with E-state index in [1.807, 2.05) is 0 Å². The number of ether oxygens (including phenoxy) is 2. The van der Waals surface area contributed by atoms with Crippen LogP contribution in [0.25, 0.3) is 0 Å². The van der Waals surface area contributed by atoms with Gasteiger partial charge in [0.2, 0.25) is 11.4 Å². The Hall–Kier alpha value is -1.90. The number of piperidine rings is 1. The van der Waals surface area contributed by atoms with Crippen molar-refractivity contribution in [2.45, 2.75) is 43.6 Å². The van der Waals surface area contributed by atoms with E-state index in [1.165, 1.54) is 26.0 Å². The Labute approximate surface area is 192 Å². The molecule has 1 unspecified atom stereocenters. The van der Waals surface area contributed by atoms with Crippen molar-refractivity contribution < 1.29 is 55.6 Å². The molecule has 5 atom stereocenters. The summed E-state index contributed by atoms with van der Waals surface area (Å²) in [5.41, 5.74) is -9.66. The number of halogens is 7. The van der Waals surface area contributed by atoms with Crippen LogP contribution in [0.2, 0.25) is 0 Å². The van der Waals surface area contributed by atoms with Gasteiger partial charge in [0.05, 0.1) is 13.2 Å². The first-order valence-electron chi connectivity index (χ1n) is 9.51. The Bertz CT molecular complexity index is 831. The summed E-state index contributed by atoms with van der Waals surface area (Å²) in [5.74, 6) is -11.5. The van der Waals surface area contributed by atoms with E-state index in [9.17, 15) is 46.1 Å². The molecule has 1 saturated heterocycles. The summed E-state index contributed by atoms with van der Waals surface area (Å²) in [6, 6.07) is 4.57. The lowest BCUT2D eigenvalue weighted by molar-refractivity contribution is -0.376. The minimum Gasteiger partial charge on any atom is -0.466 e. The molecule has 1 aromatic carbocycles. The summed E-state index contributed by atoms with van der Waals surface area (Å²) in [6.07, 6.45) is -11.8. The zero-order valence-electron chi connectivity index (χ0n) is 17.1. The molecule has 14 heteroatoms. The molecule has 33 heavy (non-hydrogen) atoms. The molecule has 186 valence electrons. The molecular formula is C19H20BrF6NO6. The van der Waals surface area contributed by atoms with Crippen LogP contribution in [0.1, 0.15) is 25.3 Å². The summed E-state index contributed by atoms with van der Waals surface area (Å²) in [7, 11) is 0. The average Bonchev–Trinajstić information content (AvgIpc) is 2.66. The monoisotopic (exact) mass is 551 g/mol. The highest BCUT2D eigenvalue weighted by molar-refractivity contribution is 9.10. The number of carbonyl (C=O) groups excluding carboxylic acids is 2. The number of hydrogen-bond acceptors (Lipinski definition) is 7. The molecule has 0 spiro atoms. The lowest BCUT2D eigenvalue weighted by Crippen LogP contribution is -2.81. The molecule has 2 rings (SSSR count). The van der Waals surface area contributed by atoms with E-state index in [-0.39, 0.29) is 5.56 Å². The van der Waals surface area contributed by atoms with Gasteiger partial charge in [-0.05, 0) is 31.5 Å². The van der Waals surface area contributed by atoms with Crippen LogP contribution >= 0.6 is 15.9 Å². The first kappa shape index (κ1) is 27.3. The van der Waals surface area contributed by atoms with Gasteiger partial charge in [0, 0.05) is 10.4 Å².